The molecule has 1 heterocycles. The molecule has 2 aromatic carbocycles. The fourth-order valence-electron chi connectivity index (χ4n) is 3.18. The Morgan fingerprint density at radius 2 is 1.48 bits per heavy atom. The average Bonchev–Trinajstić information content (AvgIpc) is 2.73. The summed E-state index contributed by atoms with van der Waals surface area (Å²) in [4.78, 5) is 39.4. The zero-order valence-corrected chi connectivity index (χ0v) is 16.5. The smallest absolute Gasteiger partial charge is 0.260 e. The van der Waals surface area contributed by atoms with Gasteiger partial charge in [-0.15, -0.1) is 0 Å². The minimum Gasteiger partial charge on any atom is -0.484 e. The predicted molar refractivity (Wildman–Crippen MR) is 108 cm³/mol. The number of ether oxygens (including phenoxy) is 1. The van der Waals surface area contributed by atoms with Crippen LogP contribution in [0.25, 0.3) is 0 Å². The maximum atomic E-state index is 12.6. The lowest BCUT2D eigenvalue weighted by Gasteiger charge is -2.34. The van der Waals surface area contributed by atoms with E-state index in [2.05, 4.69) is 0 Å². The highest BCUT2D eigenvalue weighted by Gasteiger charge is 2.25. The summed E-state index contributed by atoms with van der Waals surface area (Å²) in [5, 5.41) is 0. The van der Waals surface area contributed by atoms with E-state index in [0.29, 0.717) is 37.5 Å². The number of carbonyl (C=O) groups is 3. The maximum absolute atomic E-state index is 12.6. The molecule has 0 aromatic heterocycles. The summed E-state index contributed by atoms with van der Waals surface area (Å²) in [5.41, 5.74) is 7.74. The molecule has 0 aliphatic carbocycles. The number of amides is 3. The van der Waals surface area contributed by atoms with Crippen LogP contribution in [0, 0.1) is 6.92 Å². The molecular weight excluding hydrogens is 370 g/mol. The van der Waals surface area contributed by atoms with Crippen LogP contribution in [0.1, 0.15) is 21.5 Å². The van der Waals surface area contributed by atoms with Crippen LogP contribution in [0.2, 0.25) is 0 Å². The monoisotopic (exact) mass is 395 g/mol. The predicted octanol–water partition coefficient (Wildman–Crippen LogP) is 1.39. The Kier molecular flexibility index (Phi) is 6.49. The summed E-state index contributed by atoms with van der Waals surface area (Å²) in [6.07, 6.45) is 0.171. The number of nitrogens with zero attached hydrogens (tertiary/aromatic N) is 2. The molecule has 1 saturated heterocycles. The maximum Gasteiger partial charge on any atom is 0.260 e. The van der Waals surface area contributed by atoms with E-state index in [4.69, 9.17) is 10.5 Å². The van der Waals surface area contributed by atoms with Crippen LogP contribution in [0.3, 0.4) is 0 Å². The third-order valence-corrected chi connectivity index (χ3v) is 4.88. The molecule has 0 atom stereocenters. The quantitative estimate of drug-likeness (QED) is 0.800. The van der Waals surface area contributed by atoms with Crippen molar-refractivity contribution in [2.45, 2.75) is 13.3 Å². The largest absolute Gasteiger partial charge is 0.484 e. The molecule has 1 aliphatic rings. The molecule has 0 radical (unpaired) electrons. The van der Waals surface area contributed by atoms with Crippen LogP contribution in [0.4, 0.5) is 0 Å². The Balaban J connectivity index is 1.45. The molecule has 152 valence electrons. The second-order valence-electron chi connectivity index (χ2n) is 7.11. The highest BCUT2D eigenvalue weighted by atomic mass is 16.5. The van der Waals surface area contributed by atoms with Gasteiger partial charge in [-0.25, -0.2) is 0 Å². The van der Waals surface area contributed by atoms with Gasteiger partial charge in [0.25, 0.3) is 11.8 Å². The fraction of sp³-hybridized carbons (Fsp3) is 0.318. The summed E-state index contributed by atoms with van der Waals surface area (Å²) in [6, 6.07) is 14.4. The Morgan fingerprint density at radius 3 is 2.07 bits per heavy atom. The Morgan fingerprint density at radius 1 is 0.897 bits per heavy atom. The molecule has 2 aromatic rings. The second-order valence-corrected chi connectivity index (χ2v) is 7.11. The summed E-state index contributed by atoms with van der Waals surface area (Å²) >= 11 is 0. The number of carbonyl (C=O) groups excluding carboxylic acids is 3. The van der Waals surface area contributed by atoms with E-state index in [1.165, 1.54) is 0 Å². The van der Waals surface area contributed by atoms with E-state index in [9.17, 15) is 14.4 Å². The van der Waals surface area contributed by atoms with Crippen LogP contribution >= 0.6 is 0 Å². The third-order valence-electron chi connectivity index (χ3n) is 4.88. The Hall–Kier alpha value is -3.35. The first-order valence-corrected chi connectivity index (χ1v) is 9.56. The topological polar surface area (TPSA) is 92.9 Å². The molecule has 7 nitrogen and oxygen atoms in total. The molecular formula is C22H25N3O4. The van der Waals surface area contributed by atoms with Crippen molar-refractivity contribution in [3.8, 4) is 5.75 Å². The summed E-state index contributed by atoms with van der Waals surface area (Å²) in [5.74, 6) is 0.0339. The van der Waals surface area contributed by atoms with Gasteiger partial charge in [-0.2, -0.15) is 0 Å². The minimum atomic E-state index is -0.395. The molecule has 7 heteroatoms. The lowest BCUT2D eigenvalue weighted by Crippen LogP contribution is -2.51. The SMILES string of the molecule is Cc1ccc(C(=O)N2CCN(C(=O)COc3ccc(CC(N)=O)cc3)CC2)cc1. The van der Waals surface area contributed by atoms with Gasteiger partial charge in [0.2, 0.25) is 5.91 Å². The van der Waals surface area contributed by atoms with Crippen molar-refractivity contribution in [2.75, 3.05) is 32.8 Å². The zero-order chi connectivity index (χ0) is 20.8. The van der Waals surface area contributed by atoms with Crippen molar-refractivity contribution in [1.82, 2.24) is 9.80 Å². The van der Waals surface area contributed by atoms with Gasteiger partial charge >= 0.3 is 0 Å². The first kappa shape index (κ1) is 20.4. The molecule has 29 heavy (non-hydrogen) atoms. The van der Waals surface area contributed by atoms with Crippen LogP contribution in [0.15, 0.2) is 48.5 Å². The molecule has 0 unspecified atom stereocenters. The zero-order valence-electron chi connectivity index (χ0n) is 16.5. The van der Waals surface area contributed by atoms with E-state index in [1.807, 2.05) is 31.2 Å². The molecule has 1 fully saturated rings. The number of nitrogens with two attached hydrogens (primary N) is 1. The summed E-state index contributed by atoms with van der Waals surface area (Å²) in [6.45, 7) is 3.88. The highest BCUT2D eigenvalue weighted by molar-refractivity contribution is 5.94. The van der Waals surface area contributed by atoms with Crippen LogP contribution in [-0.4, -0.2) is 60.3 Å². The van der Waals surface area contributed by atoms with E-state index in [1.54, 1.807) is 34.1 Å². The van der Waals surface area contributed by atoms with Gasteiger partial charge in [0.15, 0.2) is 6.61 Å². The number of rotatable bonds is 6. The Bertz CT molecular complexity index is 870. The molecule has 2 N–H and O–H groups in total. The number of benzene rings is 2. The molecule has 1 aliphatic heterocycles. The van der Waals surface area contributed by atoms with Crippen molar-refractivity contribution < 1.29 is 19.1 Å². The number of hydrogen-bond donors (Lipinski definition) is 1. The summed E-state index contributed by atoms with van der Waals surface area (Å²) < 4.78 is 5.55. The number of aryl methyl sites for hydroxylation is 1. The normalized spacial score (nSPS) is 13.8. The van der Waals surface area contributed by atoms with Crippen LogP contribution < -0.4 is 10.5 Å². The van der Waals surface area contributed by atoms with Crippen molar-refractivity contribution >= 4 is 17.7 Å². The van der Waals surface area contributed by atoms with Gasteiger partial charge in [-0.3, -0.25) is 14.4 Å². The molecule has 3 rings (SSSR count). The summed E-state index contributed by atoms with van der Waals surface area (Å²) in [7, 11) is 0. The second kappa shape index (κ2) is 9.23. The Labute approximate surface area is 170 Å². The standard InChI is InChI=1S/C22H25N3O4/c1-16-2-6-18(7-3-16)22(28)25-12-10-24(11-13-25)21(27)15-29-19-8-4-17(5-9-19)14-20(23)26/h2-9H,10-15H2,1H3,(H2,23,26). The first-order valence-electron chi connectivity index (χ1n) is 9.56. The fourth-order valence-corrected chi connectivity index (χ4v) is 3.18. The van der Waals surface area contributed by atoms with Crippen molar-refractivity contribution in [3.63, 3.8) is 0 Å². The lowest BCUT2D eigenvalue weighted by molar-refractivity contribution is -0.134. The number of hydrogen-bond acceptors (Lipinski definition) is 4. The molecule has 0 saturated carbocycles. The number of piperazine rings is 1. The van der Waals surface area contributed by atoms with Gasteiger partial charge in [-0.1, -0.05) is 29.8 Å². The van der Waals surface area contributed by atoms with Crippen molar-refractivity contribution in [1.29, 1.82) is 0 Å². The van der Waals surface area contributed by atoms with Gasteiger partial charge < -0.3 is 20.3 Å². The van der Waals surface area contributed by atoms with Crippen molar-refractivity contribution in [3.05, 3.63) is 65.2 Å². The van der Waals surface area contributed by atoms with Crippen LogP contribution in [0.5, 0.6) is 5.75 Å². The van der Waals surface area contributed by atoms with Gasteiger partial charge in [0.1, 0.15) is 5.75 Å². The highest BCUT2D eigenvalue weighted by Crippen LogP contribution is 2.14. The van der Waals surface area contributed by atoms with Crippen molar-refractivity contribution in [2.24, 2.45) is 5.73 Å². The van der Waals surface area contributed by atoms with Crippen LogP contribution in [-0.2, 0) is 16.0 Å². The van der Waals surface area contributed by atoms with Gasteiger partial charge in [-0.05, 0) is 36.8 Å². The lowest BCUT2D eigenvalue weighted by atomic mass is 10.1. The van der Waals surface area contributed by atoms with Gasteiger partial charge in [0.05, 0.1) is 6.42 Å². The van der Waals surface area contributed by atoms with E-state index >= 15 is 0 Å². The minimum absolute atomic E-state index is 0.00982. The molecule has 3 amide bonds. The van der Waals surface area contributed by atoms with Gasteiger partial charge in [0, 0.05) is 31.7 Å². The van der Waals surface area contributed by atoms with E-state index < -0.39 is 5.91 Å². The average molecular weight is 395 g/mol. The molecule has 0 bridgehead atoms. The first-order chi connectivity index (χ1) is 13.9. The number of primary amides is 1. The van der Waals surface area contributed by atoms with E-state index in [-0.39, 0.29) is 24.8 Å². The third kappa shape index (κ3) is 5.57. The molecule has 0 spiro atoms. The van der Waals surface area contributed by atoms with E-state index in [0.717, 1.165) is 11.1 Å².